The van der Waals surface area contributed by atoms with E-state index in [-0.39, 0.29) is 6.03 Å². The van der Waals surface area contributed by atoms with E-state index in [0.717, 1.165) is 24.1 Å². The highest BCUT2D eigenvalue weighted by molar-refractivity contribution is 5.90. The summed E-state index contributed by atoms with van der Waals surface area (Å²) in [5.74, 6) is 0. The highest BCUT2D eigenvalue weighted by Gasteiger charge is 2.04. The molecule has 0 unspecified atom stereocenters. The smallest absolute Gasteiger partial charge is 0.319 e. The van der Waals surface area contributed by atoms with Gasteiger partial charge in [-0.3, -0.25) is 0 Å². The van der Waals surface area contributed by atoms with E-state index in [9.17, 15) is 4.79 Å². The van der Waals surface area contributed by atoms with Crippen molar-refractivity contribution in [1.82, 2.24) is 5.32 Å². The second-order valence-electron chi connectivity index (χ2n) is 4.63. The van der Waals surface area contributed by atoms with Crippen molar-refractivity contribution in [1.29, 1.82) is 0 Å². The Morgan fingerprint density at radius 2 is 1.70 bits per heavy atom. The lowest BCUT2D eigenvalue weighted by Gasteiger charge is -2.10. The maximum absolute atomic E-state index is 11.8. The SMILES string of the molecule is CCc1ccccc1NC(=O)NCCc1ccccc1. The minimum atomic E-state index is -0.151. The number of rotatable bonds is 5. The molecule has 0 fully saturated rings. The molecule has 3 heteroatoms. The van der Waals surface area contributed by atoms with Gasteiger partial charge in [-0.2, -0.15) is 0 Å². The van der Waals surface area contributed by atoms with Crippen LogP contribution in [-0.4, -0.2) is 12.6 Å². The molecule has 2 rings (SSSR count). The number of aryl methyl sites for hydroxylation is 1. The van der Waals surface area contributed by atoms with Crippen molar-refractivity contribution in [2.24, 2.45) is 0 Å². The Morgan fingerprint density at radius 3 is 2.45 bits per heavy atom. The zero-order valence-electron chi connectivity index (χ0n) is 11.7. The summed E-state index contributed by atoms with van der Waals surface area (Å²) in [5, 5.41) is 5.78. The van der Waals surface area contributed by atoms with Crippen molar-refractivity contribution in [2.75, 3.05) is 11.9 Å². The van der Waals surface area contributed by atoms with Gasteiger partial charge >= 0.3 is 6.03 Å². The van der Waals surface area contributed by atoms with Gasteiger partial charge in [-0.1, -0.05) is 55.5 Å². The predicted octanol–water partition coefficient (Wildman–Crippen LogP) is 3.61. The Balaban J connectivity index is 1.81. The van der Waals surface area contributed by atoms with Crippen molar-refractivity contribution < 1.29 is 4.79 Å². The maximum Gasteiger partial charge on any atom is 0.319 e. The van der Waals surface area contributed by atoms with Crippen LogP contribution in [-0.2, 0) is 12.8 Å². The molecule has 0 atom stereocenters. The number of amides is 2. The molecule has 3 nitrogen and oxygen atoms in total. The van der Waals surface area contributed by atoms with Gasteiger partial charge in [-0.25, -0.2) is 4.79 Å². The molecule has 0 aliphatic rings. The largest absolute Gasteiger partial charge is 0.338 e. The van der Waals surface area contributed by atoms with Crippen molar-refractivity contribution in [3.8, 4) is 0 Å². The molecule has 2 aromatic rings. The van der Waals surface area contributed by atoms with E-state index in [2.05, 4.69) is 29.7 Å². The summed E-state index contributed by atoms with van der Waals surface area (Å²) in [7, 11) is 0. The Labute approximate surface area is 120 Å². The third-order valence-electron chi connectivity index (χ3n) is 3.19. The summed E-state index contributed by atoms with van der Waals surface area (Å²) in [4.78, 5) is 11.8. The van der Waals surface area contributed by atoms with Gasteiger partial charge in [0.1, 0.15) is 0 Å². The Bertz CT molecular complexity index is 552. The summed E-state index contributed by atoms with van der Waals surface area (Å²) in [5.41, 5.74) is 3.25. The second kappa shape index (κ2) is 7.34. The second-order valence-corrected chi connectivity index (χ2v) is 4.63. The number of nitrogens with one attached hydrogen (secondary N) is 2. The van der Waals surface area contributed by atoms with E-state index in [1.165, 1.54) is 5.56 Å². The summed E-state index contributed by atoms with van der Waals surface area (Å²) in [6, 6.07) is 17.8. The molecule has 2 N–H and O–H groups in total. The van der Waals surface area contributed by atoms with Gasteiger partial charge in [-0.05, 0) is 30.0 Å². The minimum absolute atomic E-state index is 0.151. The molecule has 2 amide bonds. The fourth-order valence-corrected chi connectivity index (χ4v) is 2.08. The van der Waals surface area contributed by atoms with E-state index in [4.69, 9.17) is 0 Å². The molecule has 0 aliphatic carbocycles. The quantitative estimate of drug-likeness (QED) is 0.854. The normalized spacial score (nSPS) is 10.1. The lowest BCUT2D eigenvalue weighted by molar-refractivity contribution is 0.252. The first kappa shape index (κ1) is 14.1. The van der Waals surface area contributed by atoms with Crippen LogP contribution in [0.25, 0.3) is 0 Å². The van der Waals surface area contributed by atoms with Crippen LogP contribution in [0.2, 0.25) is 0 Å². The Kier molecular flexibility index (Phi) is 5.18. The summed E-state index contributed by atoms with van der Waals surface area (Å²) in [6.07, 6.45) is 1.74. The average molecular weight is 268 g/mol. The molecule has 0 bridgehead atoms. The molecular weight excluding hydrogens is 248 g/mol. The summed E-state index contributed by atoms with van der Waals surface area (Å²) in [6.45, 7) is 2.71. The molecule has 104 valence electrons. The van der Waals surface area contributed by atoms with Gasteiger partial charge in [0.2, 0.25) is 0 Å². The van der Waals surface area contributed by atoms with Crippen LogP contribution in [0.5, 0.6) is 0 Å². The topological polar surface area (TPSA) is 41.1 Å². The highest BCUT2D eigenvalue weighted by atomic mass is 16.2. The maximum atomic E-state index is 11.8. The van der Waals surface area contributed by atoms with Gasteiger partial charge in [0, 0.05) is 12.2 Å². The van der Waals surface area contributed by atoms with Gasteiger partial charge in [0.25, 0.3) is 0 Å². The minimum Gasteiger partial charge on any atom is -0.338 e. The highest BCUT2D eigenvalue weighted by Crippen LogP contribution is 2.14. The molecule has 0 aromatic heterocycles. The molecule has 20 heavy (non-hydrogen) atoms. The van der Waals surface area contributed by atoms with E-state index in [1.807, 2.05) is 42.5 Å². The van der Waals surface area contributed by atoms with Crippen LogP contribution in [0.1, 0.15) is 18.1 Å². The molecule has 0 heterocycles. The van der Waals surface area contributed by atoms with Gasteiger partial charge < -0.3 is 10.6 Å². The molecule has 2 aromatic carbocycles. The fraction of sp³-hybridized carbons (Fsp3) is 0.235. The first-order chi connectivity index (χ1) is 9.79. The van der Waals surface area contributed by atoms with Crippen molar-refractivity contribution in [3.05, 3.63) is 65.7 Å². The predicted molar refractivity (Wildman–Crippen MR) is 83.0 cm³/mol. The number of benzene rings is 2. The van der Waals surface area contributed by atoms with Crippen molar-refractivity contribution in [2.45, 2.75) is 19.8 Å². The van der Waals surface area contributed by atoms with Crippen LogP contribution in [0.4, 0.5) is 10.5 Å². The Morgan fingerprint density at radius 1 is 1.00 bits per heavy atom. The van der Waals surface area contributed by atoms with Gasteiger partial charge in [-0.15, -0.1) is 0 Å². The molecular formula is C17H20N2O. The first-order valence-electron chi connectivity index (χ1n) is 6.96. The molecule has 0 aliphatic heterocycles. The summed E-state index contributed by atoms with van der Waals surface area (Å²) < 4.78 is 0. The van der Waals surface area contributed by atoms with E-state index in [0.29, 0.717) is 6.54 Å². The number of hydrogen-bond donors (Lipinski definition) is 2. The number of urea groups is 1. The van der Waals surface area contributed by atoms with Crippen LogP contribution in [0, 0.1) is 0 Å². The third kappa shape index (κ3) is 4.12. The molecule has 0 saturated carbocycles. The average Bonchev–Trinajstić information content (AvgIpc) is 2.49. The molecule has 0 saturated heterocycles. The molecule has 0 spiro atoms. The number of carbonyl (C=O) groups is 1. The zero-order chi connectivity index (χ0) is 14.2. The van der Waals surface area contributed by atoms with Crippen LogP contribution in [0.3, 0.4) is 0 Å². The van der Waals surface area contributed by atoms with E-state index < -0.39 is 0 Å². The molecule has 0 radical (unpaired) electrons. The van der Waals surface area contributed by atoms with Crippen LogP contribution >= 0.6 is 0 Å². The van der Waals surface area contributed by atoms with Crippen LogP contribution in [0.15, 0.2) is 54.6 Å². The van der Waals surface area contributed by atoms with Crippen molar-refractivity contribution >= 4 is 11.7 Å². The Hall–Kier alpha value is -2.29. The van der Waals surface area contributed by atoms with Gasteiger partial charge in [0.05, 0.1) is 0 Å². The lowest BCUT2D eigenvalue weighted by Crippen LogP contribution is -2.30. The van der Waals surface area contributed by atoms with E-state index in [1.54, 1.807) is 0 Å². The van der Waals surface area contributed by atoms with Gasteiger partial charge in [0.15, 0.2) is 0 Å². The number of para-hydroxylation sites is 1. The monoisotopic (exact) mass is 268 g/mol. The van der Waals surface area contributed by atoms with E-state index >= 15 is 0 Å². The number of anilines is 1. The zero-order valence-corrected chi connectivity index (χ0v) is 11.7. The van der Waals surface area contributed by atoms with Crippen molar-refractivity contribution in [3.63, 3.8) is 0 Å². The fourth-order valence-electron chi connectivity index (χ4n) is 2.08. The first-order valence-corrected chi connectivity index (χ1v) is 6.96. The number of hydrogen-bond acceptors (Lipinski definition) is 1. The number of carbonyl (C=O) groups excluding carboxylic acids is 1. The third-order valence-corrected chi connectivity index (χ3v) is 3.19. The standard InChI is InChI=1S/C17H20N2O/c1-2-15-10-6-7-11-16(15)19-17(20)18-13-12-14-8-4-3-5-9-14/h3-11H,2,12-13H2,1H3,(H2,18,19,20). The summed E-state index contributed by atoms with van der Waals surface area (Å²) >= 11 is 0. The lowest BCUT2D eigenvalue weighted by atomic mass is 10.1. The van der Waals surface area contributed by atoms with Crippen LogP contribution < -0.4 is 10.6 Å².